The summed E-state index contributed by atoms with van der Waals surface area (Å²) in [6.45, 7) is 4.17. The molecule has 0 unspecified atom stereocenters. The Kier molecular flexibility index (Phi) is 4.17. The number of hydrogen-bond donors (Lipinski definition) is 1. The Hall–Kier alpha value is -3.14. The quantitative estimate of drug-likeness (QED) is 0.745. The fraction of sp³-hybridized carbons (Fsp3) is 0.182. The summed E-state index contributed by atoms with van der Waals surface area (Å²) in [5.74, 6) is -0.0268. The third-order valence-electron chi connectivity index (χ3n) is 4.76. The van der Waals surface area contributed by atoms with Crippen LogP contribution < -0.4 is 10.2 Å². The monoisotopic (exact) mass is 343 g/mol. The highest BCUT2D eigenvalue weighted by molar-refractivity contribution is 6.11. The van der Waals surface area contributed by atoms with Gasteiger partial charge >= 0.3 is 0 Å². The van der Waals surface area contributed by atoms with Gasteiger partial charge in [-0.15, -0.1) is 0 Å². The minimum Gasteiger partial charge on any atom is -0.360 e. The van der Waals surface area contributed by atoms with Crippen molar-refractivity contribution in [3.63, 3.8) is 0 Å². The minimum atomic E-state index is -0.325. The molecule has 4 rings (SSSR count). The van der Waals surface area contributed by atoms with Crippen LogP contribution in [-0.4, -0.2) is 10.9 Å². The molecule has 4 nitrogen and oxygen atoms in total. The molecule has 0 radical (unpaired) electrons. The number of anilines is 2. The average molecular weight is 343 g/mol. The van der Waals surface area contributed by atoms with Crippen molar-refractivity contribution >= 4 is 17.3 Å². The van der Waals surface area contributed by atoms with E-state index >= 15 is 0 Å². The summed E-state index contributed by atoms with van der Waals surface area (Å²) in [5.41, 5.74) is 5.68. The SMILES string of the molecule is CCc1cccc(N[C@@H]2c3ncccc3C(=O)N2c2ccc(C)cc2)c1. The first-order chi connectivity index (χ1) is 12.7. The number of nitrogens with one attached hydrogen (secondary N) is 1. The first kappa shape index (κ1) is 16.3. The lowest BCUT2D eigenvalue weighted by Crippen LogP contribution is -2.32. The van der Waals surface area contributed by atoms with E-state index in [0.29, 0.717) is 5.56 Å². The summed E-state index contributed by atoms with van der Waals surface area (Å²) in [4.78, 5) is 19.3. The number of carbonyl (C=O) groups is 1. The third-order valence-corrected chi connectivity index (χ3v) is 4.76. The maximum Gasteiger partial charge on any atom is 0.262 e. The number of rotatable bonds is 4. The molecule has 1 aromatic heterocycles. The molecule has 26 heavy (non-hydrogen) atoms. The number of amides is 1. The summed E-state index contributed by atoms with van der Waals surface area (Å²) in [6, 6.07) is 20.0. The van der Waals surface area contributed by atoms with Crippen molar-refractivity contribution < 1.29 is 4.79 Å². The molecule has 0 fully saturated rings. The Morgan fingerprint density at radius 1 is 1.08 bits per heavy atom. The number of nitrogens with zero attached hydrogens (tertiary/aromatic N) is 2. The van der Waals surface area contributed by atoms with E-state index in [9.17, 15) is 4.79 Å². The fourth-order valence-electron chi connectivity index (χ4n) is 3.33. The van der Waals surface area contributed by atoms with Crippen LogP contribution in [-0.2, 0) is 6.42 Å². The molecule has 0 saturated carbocycles. The molecule has 1 atom stereocenters. The Labute approximate surface area is 153 Å². The van der Waals surface area contributed by atoms with E-state index in [2.05, 4.69) is 29.4 Å². The van der Waals surface area contributed by atoms with Gasteiger partial charge in [-0.3, -0.25) is 14.7 Å². The van der Waals surface area contributed by atoms with Crippen molar-refractivity contribution in [2.75, 3.05) is 10.2 Å². The predicted molar refractivity (Wildman–Crippen MR) is 104 cm³/mol. The molecule has 0 saturated heterocycles. The van der Waals surface area contributed by atoms with Crippen LogP contribution in [0.3, 0.4) is 0 Å². The molecule has 3 aromatic rings. The largest absolute Gasteiger partial charge is 0.360 e. The van der Waals surface area contributed by atoms with Gasteiger partial charge in [0.1, 0.15) is 0 Å². The Morgan fingerprint density at radius 3 is 2.65 bits per heavy atom. The number of carbonyl (C=O) groups excluding carboxylic acids is 1. The zero-order valence-corrected chi connectivity index (χ0v) is 14.9. The van der Waals surface area contributed by atoms with Gasteiger partial charge in [-0.1, -0.05) is 36.8 Å². The zero-order chi connectivity index (χ0) is 18.1. The maximum atomic E-state index is 13.1. The van der Waals surface area contributed by atoms with E-state index in [1.807, 2.05) is 55.5 Å². The molecule has 4 heteroatoms. The Bertz CT molecular complexity index is 950. The van der Waals surface area contributed by atoms with Crippen molar-refractivity contribution in [3.05, 3.63) is 89.2 Å². The number of pyridine rings is 1. The lowest BCUT2D eigenvalue weighted by Gasteiger charge is -2.27. The predicted octanol–water partition coefficient (Wildman–Crippen LogP) is 4.72. The van der Waals surface area contributed by atoms with Gasteiger partial charge in [-0.05, 0) is 55.3 Å². The molecule has 2 aromatic carbocycles. The molecule has 0 bridgehead atoms. The summed E-state index contributed by atoms with van der Waals surface area (Å²) in [6.07, 6.45) is 2.38. The highest BCUT2D eigenvalue weighted by atomic mass is 16.2. The first-order valence-corrected chi connectivity index (χ1v) is 8.88. The Balaban J connectivity index is 1.76. The molecular weight excluding hydrogens is 322 g/mol. The second-order valence-corrected chi connectivity index (χ2v) is 6.55. The number of hydrogen-bond acceptors (Lipinski definition) is 3. The molecular formula is C22H21N3O. The molecule has 1 N–H and O–H groups in total. The summed E-state index contributed by atoms with van der Waals surface area (Å²) < 4.78 is 0. The van der Waals surface area contributed by atoms with Crippen molar-refractivity contribution in [2.45, 2.75) is 26.4 Å². The van der Waals surface area contributed by atoms with Crippen LogP contribution in [0.25, 0.3) is 0 Å². The van der Waals surface area contributed by atoms with Gasteiger partial charge in [0.05, 0.1) is 11.3 Å². The van der Waals surface area contributed by atoms with Gasteiger partial charge in [-0.2, -0.15) is 0 Å². The lowest BCUT2D eigenvalue weighted by molar-refractivity contribution is 0.0993. The van der Waals surface area contributed by atoms with E-state index in [4.69, 9.17) is 0 Å². The van der Waals surface area contributed by atoms with Gasteiger partial charge < -0.3 is 5.32 Å². The van der Waals surface area contributed by atoms with Crippen LogP contribution in [0.15, 0.2) is 66.9 Å². The van der Waals surface area contributed by atoms with Crippen LogP contribution in [0, 0.1) is 6.92 Å². The normalized spacial score (nSPS) is 15.8. The molecule has 1 aliphatic heterocycles. The fourth-order valence-corrected chi connectivity index (χ4v) is 3.33. The molecule has 2 heterocycles. The highest BCUT2D eigenvalue weighted by Crippen LogP contribution is 2.37. The highest BCUT2D eigenvalue weighted by Gasteiger charge is 2.38. The smallest absolute Gasteiger partial charge is 0.262 e. The second kappa shape index (κ2) is 6.64. The lowest BCUT2D eigenvalue weighted by atomic mass is 10.1. The number of aryl methyl sites for hydroxylation is 2. The minimum absolute atomic E-state index is 0.0268. The molecule has 1 amide bonds. The van der Waals surface area contributed by atoms with E-state index < -0.39 is 0 Å². The van der Waals surface area contributed by atoms with Gasteiger partial charge in [0.25, 0.3) is 5.91 Å². The van der Waals surface area contributed by atoms with Crippen molar-refractivity contribution in [3.8, 4) is 0 Å². The summed E-state index contributed by atoms with van der Waals surface area (Å²) in [5, 5.41) is 3.51. The van der Waals surface area contributed by atoms with Crippen LogP contribution >= 0.6 is 0 Å². The van der Waals surface area contributed by atoms with E-state index in [0.717, 1.165) is 29.1 Å². The Morgan fingerprint density at radius 2 is 1.88 bits per heavy atom. The van der Waals surface area contributed by atoms with Gasteiger partial charge in [0.2, 0.25) is 0 Å². The van der Waals surface area contributed by atoms with E-state index in [1.165, 1.54) is 5.56 Å². The van der Waals surface area contributed by atoms with Crippen LogP contribution in [0.2, 0.25) is 0 Å². The third kappa shape index (κ3) is 2.84. The van der Waals surface area contributed by atoms with Crippen LogP contribution in [0.4, 0.5) is 11.4 Å². The van der Waals surface area contributed by atoms with Gasteiger partial charge in [0, 0.05) is 17.6 Å². The molecule has 0 spiro atoms. The van der Waals surface area contributed by atoms with Crippen molar-refractivity contribution in [1.82, 2.24) is 4.98 Å². The topological polar surface area (TPSA) is 45.2 Å². The van der Waals surface area contributed by atoms with E-state index in [-0.39, 0.29) is 12.1 Å². The maximum absolute atomic E-state index is 13.1. The number of benzene rings is 2. The number of aromatic nitrogens is 1. The molecule has 1 aliphatic rings. The summed E-state index contributed by atoms with van der Waals surface area (Å²) >= 11 is 0. The van der Waals surface area contributed by atoms with Crippen molar-refractivity contribution in [1.29, 1.82) is 0 Å². The average Bonchev–Trinajstić information content (AvgIpc) is 2.95. The molecule has 130 valence electrons. The summed E-state index contributed by atoms with van der Waals surface area (Å²) in [7, 11) is 0. The first-order valence-electron chi connectivity index (χ1n) is 8.88. The van der Waals surface area contributed by atoms with Crippen LogP contribution in [0.5, 0.6) is 0 Å². The van der Waals surface area contributed by atoms with Gasteiger partial charge in [-0.25, -0.2) is 0 Å². The van der Waals surface area contributed by atoms with Gasteiger partial charge in [0.15, 0.2) is 6.17 Å². The standard InChI is InChI=1S/C22H21N3O/c1-3-16-6-4-7-17(14-16)24-21-20-19(8-5-13-23-20)22(26)25(21)18-11-9-15(2)10-12-18/h4-14,21,24H,3H2,1-2H3/t21-/m0/s1. The second-order valence-electron chi connectivity index (χ2n) is 6.55. The van der Waals surface area contributed by atoms with Crippen molar-refractivity contribution in [2.24, 2.45) is 0 Å². The van der Waals surface area contributed by atoms with Crippen LogP contribution in [0.1, 0.15) is 40.3 Å². The van der Waals surface area contributed by atoms with E-state index in [1.54, 1.807) is 11.1 Å². The molecule has 0 aliphatic carbocycles. The number of fused-ring (bicyclic) bond motifs is 1. The zero-order valence-electron chi connectivity index (χ0n) is 14.9.